The number of halogens is 2. The van der Waals surface area contributed by atoms with Gasteiger partial charge in [0.15, 0.2) is 6.54 Å². The molecule has 38 heavy (non-hydrogen) atoms. The van der Waals surface area contributed by atoms with E-state index in [0.29, 0.717) is 10.0 Å². The first-order valence-corrected chi connectivity index (χ1v) is 17.0. The molecule has 0 fully saturated rings. The number of hydrogen-bond donors (Lipinski definition) is 1. The Bertz CT molecular complexity index is 1650. The molecule has 0 saturated carbocycles. The fraction of sp³-hybridized carbons (Fsp3) is 0.304. The van der Waals surface area contributed by atoms with Crippen LogP contribution in [0.5, 0.6) is 0 Å². The number of rotatable bonds is 9. The predicted molar refractivity (Wildman–Crippen MR) is 151 cm³/mol. The summed E-state index contributed by atoms with van der Waals surface area (Å²) in [6.07, 6.45) is 2.87. The summed E-state index contributed by atoms with van der Waals surface area (Å²) in [4.78, 5) is 15.0. The highest BCUT2D eigenvalue weighted by Gasteiger charge is 2.29. The Kier molecular flexibility index (Phi) is 8.67. The summed E-state index contributed by atoms with van der Waals surface area (Å²) in [5, 5.41) is 1.51. The Labute approximate surface area is 239 Å². The van der Waals surface area contributed by atoms with Gasteiger partial charge in [-0.3, -0.25) is 9.52 Å². The molecule has 0 aliphatic carbocycles. The second-order valence-corrected chi connectivity index (χ2v) is 15.2. The molecule has 4 rings (SSSR count). The number of fused-ring (bicyclic) bond motifs is 2. The van der Waals surface area contributed by atoms with Gasteiger partial charge in [0.05, 0.1) is 38.4 Å². The number of anilines is 1. The third-order valence-electron chi connectivity index (χ3n) is 5.75. The first kappa shape index (κ1) is 29.1. The molecule has 1 aliphatic rings. The van der Waals surface area contributed by atoms with E-state index < -0.39 is 31.3 Å². The minimum Gasteiger partial charge on any atom is -0.748 e. The van der Waals surface area contributed by atoms with Crippen molar-refractivity contribution in [2.24, 2.45) is 0 Å². The Hall–Kier alpha value is -1.87. The van der Waals surface area contributed by atoms with Crippen molar-refractivity contribution in [3.8, 4) is 0 Å². The lowest BCUT2D eigenvalue weighted by Crippen LogP contribution is -2.38. The van der Waals surface area contributed by atoms with Crippen LogP contribution in [-0.2, 0) is 31.5 Å². The highest BCUT2D eigenvalue weighted by molar-refractivity contribution is 8.04. The summed E-state index contributed by atoms with van der Waals surface area (Å²) in [7, 11) is -8.12. The summed E-state index contributed by atoms with van der Waals surface area (Å²) in [5.74, 6) is -0.633. The summed E-state index contributed by atoms with van der Waals surface area (Å²) >= 11 is 15.4. The van der Waals surface area contributed by atoms with E-state index in [9.17, 15) is 26.2 Å². The smallest absolute Gasteiger partial charge is 0.265 e. The van der Waals surface area contributed by atoms with Crippen LogP contribution in [-0.4, -0.2) is 45.3 Å². The largest absolute Gasteiger partial charge is 0.748 e. The summed E-state index contributed by atoms with van der Waals surface area (Å²) in [6, 6.07) is 10.8. The molecule has 3 aromatic rings. The molecule has 0 saturated heterocycles. The third kappa shape index (κ3) is 7.00. The Morgan fingerprint density at radius 1 is 1.16 bits per heavy atom. The van der Waals surface area contributed by atoms with Crippen LogP contribution in [0, 0.1) is 0 Å². The number of aromatic nitrogens is 1. The van der Waals surface area contributed by atoms with E-state index in [0.717, 1.165) is 37.1 Å². The number of hydrogen-bond acceptors (Lipinski definition) is 9. The van der Waals surface area contributed by atoms with Crippen molar-refractivity contribution in [3.05, 3.63) is 56.5 Å². The second kappa shape index (κ2) is 11.3. The van der Waals surface area contributed by atoms with Crippen LogP contribution in [0.2, 0.25) is 10.0 Å². The van der Waals surface area contributed by atoms with E-state index in [1.54, 1.807) is 24.3 Å². The zero-order valence-corrected chi connectivity index (χ0v) is 25.0. The van der Waals surface area contributed by atoms with Gasteiger partial charge in [0.25, 0.3) is 5.01 Å². The second-order valence-electron chi connectivity index (χ2n) is 8.69. The molecule has 1 aliphatic heterocycles. The van der Waals surface area contributed by atoms with Gasteiger partial charge in [-0.2, -0.15) is 4.57 Å². The van der Waals surface area contributed by atoms with Gasteiger partial charge < -0.3 is 9.45 Å². The normalized spacial score (nSPS) is 15.7. The van der Waals surface area contributed by atoms with Crippen molar-refractivity contribution in [3.63, 3.8) is 0 Å². The number of benzene rings is 2. The molecule has 2 heterocycles. The Morgan fingerprint density at radius 2 is 1.84 bits per heavy atom. The summed E-state index contributed by atoms with van der Waals surface area (Å²) in [6.45, 7) is 1.84. The molecule has 204 valence electrons. The van der Waals surface area contributed by atoms with E-state index in [2.05, 4.69) is 0 Å². The molecule has 9 nitrogen and oxygen atoms in total. The number of aryl methyl sites for hydroxylation is 1. The minimum absolute atomic E-state index is 0.0855. The van der Waals surface area contributed by atoms with Gasteiger partial charge in [0.1, 0.15) is 4.70 Å². The Morgan fingerprint density at radius 3 is 2.53 bits per heavy atom. The lowest BCUT2D eigenvalue weighted by molar-refractivity contribution is -0.669. The van der Waals surface area contributed by atoms with Crippen molar-refractivity contribution < 1.29 is 30.7 Å². The number of nitrogens with zero attached hydrogens (tertiary/aromatic N) is 2. The first-order chi connectivity index (χ1) is 17.7. The number of nitrogens with one attached hydrogen (secondary N) is 1. The van der Waals surface area contributed by atoms with Gasteiger partial charge >= 0.3 is 0 Å². The van der Waals surface area contributed by atoms with Crippen molar-refractivity contribution in [2.75, 3.05) is 17.7 Å². The fourth-order valence-electron chi connectivity index (χ4n) is 3.86. The minimum atomic E-state index is -4.44. The molecular formula is C23H23Cl2N3O6S4. The standard InChI is InChI=1S/C23H23Cl2N3O6S4/c1-14(38(32,33)34)7-9-27-17-11-15(24)3-5-19(17)35-22(27)13-23-28(10-8-21(29)26-37(2,30)31)18-12-16(25)4-6-20(18)36-23/h3-6,11-14H,7-10H2,1-2H3,(H-,26,29,32,33,34). The number of carbonyl (C=O) groups is 1. The maximum Gasteiger partial charge on any atom is 0.265 e. The van der Waals surface area contributed by atoms with Gasteiger partial charge in [-0.1, -0.05) is 46.3 Å². The lowest BCUT2D eigenvalue weighted by Gasteiger charge is -2.20. The molecule has 2 aromatic carbocycles. The third-order valence-corrected chi connectivity index (χ3v) is 10.3. The summed E-state index contributed by atoms with van der Waals surface area (Å²) in [5.41, 5.74) is 1.58. The first-order valence-electron chi connectivity index (χ1n) is 11.2. The van der Waals surface area contributed by atoms with Crippen molar-refractivity contribution in [2.45, 2.75) is 36.5 Å². The fourth-order valence-corrected chi connectivity index (χ4v) is 7.38. The highest BCUT2D eigenvalue weighted by Crippen LogP contribution is 2.48. The quantitative estimate of drug-likeness (QED) is 0.274. The van der Waals surface area contributed by atoms with E-state index in [4.69, 9.17) is 23.2 Å². The molecule has 1 amide bonds. The van der Waals surface area contributed by atoms with Crippen LogP contribution < -0.4 is 14.2 Å². The monoisotopic (exact) mass is 635 g/mol. The number of thiazole rings is 1. The SMILES string of the molecule is CC(CC[n+]1c(C=C2Sc3ccc(Cl)cc3N2CCC(=O)NS(C)(=O)=O)sc2ccc(Cl)cc21)S(=O)(=O)[O-]. The van der Waals surface area contributed by atoms with Crippen LogP contribution in [0.1, 0.15) is 24.8 Å². The molecular weight excluding hydrogens is 613 g/mol. The maximum absolute atomic E-state index is 12.2. The molecule has 1 aromatic heterocycles. The number of thioether (sulfide) groups is 1. The molecule has 1 atom stereocenters. The van der Waals surface area contributed by atoms with E-state index in [1.165, 1.54) is 30.0 Å². The van der Waals surface area contributed by atoms with Crippen LogP contribution in [0.3, 0.4) is 0 Å². The van der Waals surface area contributed by atoms with Crippen LogP contribution >= 0.6 is 46.3 Å². The zero-order chi connectivity index (χ0) is 27.8. The van der Waals surface area contributed by atoms with E-state index >= 15 is 0 Å². The van der Waals surface area contributed by atoms with E-state index in [-0.39, 0.29) is 25.9 Å². The average molecular weight is 637 g/mol. The zero-order valence-electron chi connectivity index (χ0n) is 20.2. The van der Waals surface area contributed by atoms with Gasteiger partial charge in [-0.15, -0.1) is 0 Å². The van der Waals surface area contributed by atoms with Gasteiger partial charge in [-0.25, -0.2) is 16.8 Å². The lowest BCUT2D eigenvalue weighted by atomic mass is 10.2. The molecule has 15 heteroatoms. The maximum atomic E-state index is 12.2. The van der Waals surface area contributed by atoms with Crippen molar-refractivity contribution in [1.82, 2.24) is 4.72 Å². The van der Waals surface area contributed by atoms with Crippen LogP contribution in [0.4, 0.5) is 5.69 Å². The number of carbonyl (C=O) groups excluding carboxylic acids is 1. The van der Waals surface area contributed by atoms with Gasteiger partial charge in [-0.05, 0) is 37.3 Å². The predicted octanol–water partition coefficient (Wildman–Crippen LogP) is 4.20. The molecule has 0 radical (unpaired) electrons. The molecule has 0 spiro atoms. The number of sulfonamides is 1. The van der Waals surface area contributed by atoms with Crippen molar-refractivity contribution in [1.29, 1.82) is 0 Å². The average Bonchev–Trinajstić information content (AvgIpc) is 3.30. The van der Waals surface area contributed by atoms with Crippen LogP contribution in [0.25, 0.3) is 16.3 Å². The molecule has 0 bridgehead atoms. The van der Waals surface area contributed by atoms with Crippen LogP contribution in [0.15, 0.2) is 46.3 Å². The highest BCUT2D eigenvalue weighted by atomic mass is 35.5. The topological polar surface area (TPSA) is 128 Å². The van der Waals surface area contributed by atoms with E-state index in [1.807, 2.05) is 32.4 Å². The molecule has 1 N–H and O–H groups in total. The molecule has 1 unspecified atom stereocenters. The van der Waals surface area contributed by atoms with Crippen molar-refractivity contribution >= 4 is 94.3 Å². The van der Waals surface area contributed by atoms with Gasteiger partial charge in [0.2, 0.25) is 21.4 Å². The Balaban J connectivity index is 1.73. The van der Waals surface area contributed by atoms with Gasteiger partial charge in [0, 0.05) is 40.4 Å². The number of amides is 1. The summed E-state index contributed by atoms with van der Waals surface area (Å²) < 4.78 is 62.2.